The van der Waals surface area contributed by atoms with Crippen molar-refractivity contribution in [3.8, 4) is 5.75 Å². The van der Waals surface area contributed by atoms with E-state index in [0.29, 0.717) is 13.1 Å². The SMILES string of the molecule is CCCCCCNC(=NCc1ccc(OC)cc1)NCc1nnc(C)n1C. The third-order valence-electron chi connectivity index (χ3n) is 4.50. The maximum atomic E-state index is 5.21. The van der Waals surface area contributed by atoms with Gasteiger partial charge in [0.2, 0.25) is 0 Å². The Labute approximate surface area is 162 Å². The van der Waals surface area contributed by atoms with Gasteiger partial charge in [0.1, 0.15) is 11.6 Å². The van der Waals surface area contributed by atoms with Crippen LogP contribution >= 0.6 is 0 Å². The summed E-state index contributed by atoms with van der Waals surface area (Å²) < 4.78 is 7.19. The van der Waals surface area contributed by atoms with Crippen molar-refractivity contribution in [3.05, 3.63) is 41.5 Å². The number of rotatable bonds is 10. The molecule has 0 saturated carbocycles. The molecule has 0 saturated heterocycles. The zero-order chi connectivity index (χ0) is 19.5. The minimum absolute atomic E-state index is 0.584. The second-order valence-corrected chi connectivity index (χ2v) is 6.58. The van der Waals surface area contributed by atoms with Gasteiger partial charge in [0, 0.05) is 13.6 Å². The Hall–Kier alpha value is -2.57. The zero-order valence-corrected chi connectivity index (χ0v) is 17.0. The first-order valence-corrected chi connectivity index (χ1v) is 9.64. The normalized spacial score (nSPS) is 11.5. The molecule has 0 amide bonds. The second-order valence-electron chi connectivity index (χ2n) is 6.58. The largest absolute Gasteiger partial charge is 0.497 e. The third-order valence-corrected chi connectivity index (χ3v) is 4.50. The lowest BCUT2D eigenvalue weighted by atomic mass is 10.2. The molecule has 0 aliphatic carbocycles. The fourth-order valence-corrected chi connectivity index (χ4v) is 2.60. The maximum absolute atomic E-state index is 5.21. The number of aromatic nitrogens is 3. The number of unbranched alkanes of at least 4 members (excludes halogenated alkanes) is 3. The van der Waals surface area contributed by atoms with Crippen molar-refractivity contribution in [1.82, 2.24) is 25.4 Å². The Bertz CT molecular complexity index is 708. The molecule has 2 aromatic rings. The average molecular weight is 373 g/mol. The van der Waals surface area contributed by atoms with Crippen molar-refractivity contribution < 1.29 is 4.74 Å². The van der Waals surface area contributed by atoms with Crippen LogP contribution in [0, 0.1) is 6.92 Å². The van der Waals surface area contributed by atoms with Crippen LogP contribution in [0.3, 0.4) is 0 Å². The maximum Gasteiger partial charge on any atom is 0.191 e. The van der Waals surface area contributed by atoms with E-state index < -0.39 is 0 Å². The number of ether oxygens (including phenoxy) is 1. The van der Waals surface area contributed by atoms with E-state index in [9.17, 15) is 0 Å². The lowest BCUT2D eigenvalue weighted by Gasteiger charge is -2.12. The van der Waals surface area contributed by atoms with E-state index in [1.54, 1.807) is 7.11 Å². The molecule has 1 aromatic heterocycles. The number of hydrogen-bond donors (Lipinski definition) is 2. The molecule has 0 aliphatic heterocycles. The first kappa shape index (κ1) is 20.7. The molecule has 0 aliphatic rings. The number of benzene rings is 1. The quantitative estimate of drug-likeness (QED) is 0.381. The molecule has 0 atom stereocenters. The molecule has 1 heterocycles. The molecule has 27 heavy (non-hydrogen) atoms. The highest BCUT2D eigenvalue weighted by Crippen LogP contribution is 2.11. The van der Waals surface area contributed by atoms with Gasteiger partial charge in [-0.05, 0) is 31.0 Å². The molecule has 1 aromatic carbocycles. The molecule has 0 fully saturated rings. The van der Waals surface area contributed by atoms with Gasteiger partial charge >= 0.3 is 0 Å². The predicted octanol–water partition coefficient (Wildman–Crippen LogP) is 2.95. The predicted molar refractivity (Wildman–Crippen MR) is 109 cm³/mol. The number of aliphatic imine (C=N–C) groups is 1. The fraction of sp³-hybridized carbons (Fsp3) is 0.550. The van der Waals surface area contributed by atoms with E-state index in [2.05, 4.69) is 27.8 Å². The molecule has 0 bridgehead atoms. The zero-order valence-electron chi connectivity index (χ0n) is 17.0. The first-order chi connectivity index (χ1) is 13.1. The van der Waals surface area contributed by atoms with Crippen LogP contribution in [0.5, 0.6) is 5.75 Å². The van der Waals surface area contributed by atoms with Gasteiger partial charge in [-0.2, -0.15) is 0 Å². The van der Waals surface area contributed by atoms with Crippen LogP contribution in [0.2, 0.25) is 0 Å². The first-order valence-electron chi connectivity index (χ1n) is 9.64. The topological polar surface area (TPSA) is 76.4 Å². The molecule has 2 rings (SSSR count). The standard InChI is InChI=1S/C20H32N6O/c1-5-6-7-8-13-21-20(23-15-19-25-24-16(2)26(19)3)22-14-17-9-11-18(27-4)12-10-17/h9-12H,5-8,13-15H2,1-4H3,(H2,21,22,23). The van der Waals surface area contributed by atoms with E-state index in [-0.39, 0.29) is 0 Å². The minimum Gasteiger partial charge on any atom is -0.497 e. The Morgan fingerprint density at radius 1 is 1.11 bits per heavy atom. The second kappa shape index (κ2) is 11.2. The smallest absolute Gasteiger partial charge is 0.191 e. The van der Waals surface area contributed by atoms with Crippen LogP contribution in [0.4, 0.5) is 0 Å². The molecular weight excluding hydrogens is 340 g/mol. The molecule has 7 nitrogen and oxygen atoms in total. The molecule has 148 valence electrons. The van der Waals surface area contributed by atoms with Crippen LogP contribution in [-0.2, 0) is 20.1 Å². The van der Waals surface area contributed by atoms with Gasteiger partial charge in [-0.3, -0.25) is 0 Å². The summed E-state index contributed by atoms with van der Waals surface area (Å²) in [5, 5.41) is 15.1. The number of hydrogen-bond acceptors (Lipinski definition) is 4. The number of methoxy groups -OCH3 is 1. The van der Waals surface area contributed by atoms with Crippen LogP contribution in [0.1, 0.15) is 49.8 Å². The molecule has 2 N–H and O–H groups in total. The summed E-state index contributed by atoms with van der Waals surface area (Å²) in [5.41, 5.74) is 1.14. The van der Waals surface area contributed by atoms with Crippen molar-refractivity contribution in [2.24, 2.45) is 12.0 Å². The van der Waals surface area contributed by atoms with Gasteiger partial charge in [-0.1, -0.05) is 38.3 Å². The molecule has 0 radical (unpaired) electrons. The van der Waals surface area contributed by atoms with E-state index in [0.717, 1.165) is 41.9 Å². The fourth-order valence-electron chi connectivity index (χ4n) is 2.60. The number of nitrogens with zero attached hydrogens (tertiary/aromatic N) is 4. The Balaban J connectivity index is 1.95. The Morgan fingerprint density at radius 2 is 1.89 bits per heavy atom. The van der Waals surface area contributed by atoms with Crippen LogP contribution in [0.25, 0.3) is 0 Å². The van der Waals surface area contributed by atoms with E-state index in [4.69, 9.17) is 9.73 Å². The number of nitrogens with one attached hydrogen (secondary N) is 2. The molecule has 0 unspecified atom stereocenters. The minimum atomic E-state index is 0.584. The highest BCUT2D eigenvalue weighted by molar-refractivity contribution is 5.79. The van der Waals surface area contributed by atoms with Gasteiger partial charge in [0.05, 0.1) is 20.2 Å². The van der Waals surface area contributed by atoms with Crippen molar-refractivity contribution >= 4 is 5.96 Å². The van der Waals surface area contributed by atoms with Gasteiger partial charge in [-0.25, -0.2) is 4.99 Å². The summed E-state index contributed by atoms with van der Waals surface area (Å²) in [6.45, 7) is 6.26. The van der Waals surface area contributed by atoms with Crippen LogP contribution in [0.15, 0.2) is 29.3 Å². The summed E-state index contributed by atoms with van der Waals surface area (Å²) >= 11 is 0. The highest BCUT2D eigenvalue weighted by atomic mass is 16.5. The summed E-state index contributed by atoms with van der Waals surface area (Å²) in [5.74, 6) is 3.43. The summed E-state index contributed by atoms with van der Waals surface area (Å²) in [4.78, 5) is 4.71. The van der Waals surface area contributed by atoms with Crippen molar-refractivity contribution in [2.75, 3.05) is 13.7 Å². The Morgan fingerprint density at radius 3 is 2.52 bits per heavy atom. The molecular formula is C20H32N6O. The van der Waals surface area contributed by atoms with Crippen molar-refractivity contribution in [1.29, 1.82) is 0 Å². The summed E-state index contributed by atoms with van der Waals surface area (Å²) in [6, 6.07) is 7.98. The molecule has 7 heteroatoms. The third kappa shape index (κ3) is 6.92. The van der Waals surface area contributed by atoms with Crippen LogP contribution < -0.4 is 15.4 Å². The van der Waals surface area contributed by atoms with Crippen LogP contribution in [-0.4, -0.2) is 34.4 Å². The van der Waals surface area contributed by atoms with Gasteiger partial charge < -0.3 is 19.9 Å². The van der Waals surface area contributed by atoms with E-state index >= 15 is 0 Å². The highest BCUT2D eigenvalue weighted by Gasteiger charge is 2.06. The van der Waals surface area contributed by atoms with Gasteiger partial charge in [-0.15, -0.1) is 10.2 Å². The number of guanidine groups is 1. The van der Waals surface area contributed by atoms with E-state index in [1.807, 2.05) is 42.8 Å². The summed E-state index contributed by atoms with van der Waals surface area (Å²) in [7, 11) is 3.64. The lowest BCUT2D eigenvalue weighted by Crippen LogP contribution is -2.38. The van der Waals surface area contributed by atoms with Gasteiger partial charge in [0.25, 0.3) is 0 Å². The lowest BCUT2D eigenvalue weighted by molar-refractivity contribution is 0.414. The van der Waals surface area contributed by atoms with E-state index in [1.165, 1.54) is 19.3 Å². The molecule has 0 spiro atoms. The van der Waals surface area contributed by atoms with Crippen molar-refractivity contribution in [3.63, 3.8) is 0 Å². The average Bonchev–Trinajstić information content (AvgIpc) is 3.01. The van der Waals surface area contributed by atoms with Crippen molar-refractivity contribution in [2.45, 2.75) is 52.6 Å². The Kier molecular flexibility index (Phi) is 8.61. The summed E-state index contributed by atoms with van der Waals surface area (Å²) in [6.07, 6.45) is 4.88. The van der Waals surface area contributed by atoms with Gasteiger partial charge in [0.15, 0.2) is 11.8 Å². The monoisotopic (exact) mass is 372 g/mol. The number of aryl methyl sites for hydroxylation is 1.